The van der Waals surface area contributed by atoms with Crippen LogP contribution in [-0.2, 0) is 47.6 Å². The van der Waals surface area contributed by atoms with Crippen molar-refractivity contribution in [3.8, 4) is 0 Å². The Morgan fingerprint density at radius 1 is 1.15 bits per heavy atom. The Labute approximate surface area is 235 Å². The van der Waals surface area contributed by atoms with Gasteiger partial charge in [-0.2, -0.15) is 0 Å². The van der Waals surface area contributed by atoms with E-state index in [-0.39, 0.29) is 36.9 Å². The van der Waals surface area contributed by atoms with Gasteiger partial charge in [-0.3, -0.25) is 9.59 Å². The van der Waals surface area contributed by atoms with Crippen molar-refractivity contribution in [1.82, 2.24) is 0 Å². The number of esters is 3. The number of aliphatic hydroxyl groups is 4. The van der Waals surface area contributed by atoms with Gasteiger partial charge in [0, 0.05) is 24.2 Å². The summed E-state index contributed by atoms with van der Waals surface area (Å²) in [5, 5.41) is 39.9. The van der Waals surface area contributed by atoms with Gasteiger partial charge in [0.25, 0.3) is 0 Å². The topological polar surface area (TPSA) is 205 Å². The minimum absolute atomic E-state index is 0.0227. The van der Waals surface area contributed by atoms with Crippen LogP contribution in [0.2, 0.25) is 0 Å². The largest absolute Gasteiger partial charge is 0.471 e. The molecule has 228 valence electrons. The Balaban J connectivity index is 1.49. The monoisotopic (exact) mass is 584 g/mol. The third kappa shape index (κ3) is 5.90. The van der Waals surface area contributed by atoms with Gasteiger partial charge in [-0.1, -0.05) is 13.0 Å². The van der Waals surface area contributed by atoms with Crippen LogP contribution in [0.4, 0.5) is 0 Å². The summed E-state index contributed by atoms with van der Waals surface area (Å²) in [6, 6.07) is 0. The number of methoxy groups -OCH3 is 1. The van der Waals surface area contributed by atoms with Crippen LogP contribution < -0.4 is 0 Å². The smallest absolute Gasteiger partial charge is 0.337 e. The van der Waals surface area contributed by atoms with Crippen molar-refractivity contribution in [1.29, 1.82) is 0 Å². The maximum Gasteiger partial charge on any atom is 0.337 e. The summed E-state index contributed by atoms with van der Waals surface area (Å²) in [6.45, 7) is 5.02. The lowest BCUT2D eigenvalue weighted by Gasteiger charge is -2.43. The van der Waals surface area contributed by atoms with Gasteiger partial charge in [0.15, 0.2) is 12.2 Å². The van der Waals surface area contributed by atoms with E-state index >= 15 is 0 Å². The van der Waals surface area contributed by atoms with Crippen LogP contribution >= 0.6 is 0 Å². The standard InChI is InChI=1S/C27H36O14/c1-4-12-13(5-6-28)16(10-38-26(12)41-27-22(32)21(31)20(30)18(8-29)40-27)23(33)39-17-7-14-15(11(17)2)9-37-25(35)19(14)24(34)36-3/h4,6,10-15,17-22,26-27,29-32H,1,5,7-9H2,2-3H3/t11?,12?,13?,14?,15?,17?,18-,19?,20-,21+,22-,26?,27+/m1/s1. The Hall–Kier alpha value is -2.88. The van der Waals surface area contributed by atoms with Gasteiger partial charge in [-0.15, -0.1) is 6.58 Å². The lowest BCUT2D eigenvalue weighted by Crippen LogP contribution is -2.60. The normalized spacial score (nSPS) is 42.1. The highest BCUT2D eigenvalue weighted by Gasteiger charge is 2.55. The molecule has 3 heterocycles. The molecule has 4 N–H and O–H groups in total. The van der Waals surface area contributed by atoms with Crippen LogP contribution in [0, 0.1) is 35.5 Å². The maximum absolute atomic E-state index is 13.4. The van der Waals surface area contributed by atoms with Gasteiger partial charge in [0.05, 0.1) is 32.2 Å². The molecule has 0 spiro atoms. The number of fused-ring (bicyclic) bond motifs is 1. The van der Waals surface area contributed by atoms with Crippen LogP contribution in [-0.4, -0.2) is 108 Å². The van der Waals surface area contributed by atoms with Crippen LogP contribution in [0.3, 0.4) is 0 Å². The van der Waals surface area contributed by atoms with Crippen molar-refractivity contribution in [2.45, 2.75) is 62.9 Å². The molecule has 0 aromatic heterocycles. The molecule has 1 aliphatic carbocycles. The van der Waals surface area contributed by atoms with Crippen LogP contribution in [0.1, 0.15) is 19.8 Å². The lowest BCUT2D eigenvalue weighted by atomic mass is 9.80. The van der Waals surface area contributed by atoms with E-state index in [1.54, 1.807) is 0 Å². The van der Waals surface area contributed by atoms with Crippen molar-refractivity contribution in [3.05, 3.63) is 24.5 Å². The number of ether oxygens (including phenoxy) is 6. The molecule has 14 nitrogen and oxygen atoms in total. The van der Waals surface area contributed by atoms with Gasteiger partial charge >= 0.3 is 17.9 Å². The molecule has 2 saturated heterocycles. The highest BCUT2D eigenvalue weighted by atomic mass is 16.8. The molecule has 3 aliphatic heterocycles. The van der Waals surface area contributed by atoms with Gasteiger partial charge in [-0.05, 0) is 18.3 Å². The molecule has 0 aromatic rings. The van der Waals surface area contributed by atoms with Crippen molar-refractivity contribution >= 4 is 24.2 Å². The molecule has 3 fully saturated rings. The van der Waals surface area contributed by atoms with E-state index in [0.717, 1.165) is 6.26 Å². The fourth-order valence-corrected chi connectivity index (χ4v) is 6.20. The number of hydrogen-bond acceptors (Lipinski definition) is 14. The second-order valence-electron chi connectivity index (χ2n) is 10.7. The first-order chi connectivity index (χ1) is 19.6. The van der Waals surface area contributed by atoms with E-state index in [1.165, 1.54) is 13.2 Å². The number of carbonyl (C=O) groups is 4. The zero-order valence-corrected chi connectivity index (χ0v) is 22.6. The number of cyclic esters (lactones) is 1. The summed E-state index contributed by atoms with van der Waals surface area (Å²) >= 11 is 0. The zero-order chi connectivity index (χ0) is 30.0. The summed E-state index contributed by atoms with van der Waals surface area (Å²) in [6.07, 6.45) is -6.42. The first-order valence-corrected chi connectivity index (χ1v) is 13.4. The van der Waals surface area contributed by atoms with Gasteiger partial charge in [0.1, 0.15) is 36.8 Å². The molecule has 41 heavy (non-hydrogen) atoms. The molecule has 4 rings (SSSR count). The Morgan fingerprint density at radius 2 is 1.88 bits per heavy atom. The molecule has 0 bridgehead atoms. The first kappa shape index (κ1) is 31.1. The molecule has 13 atom stereocenters. The molecule has 0 aromatic carbocycles. The summed E-state index contributed by atoms with van der Waals surface area (Å²) in [7, 11) is 1.18. The Morgan fingerprint density at radius 3 is 2.51 bits per heavy atom. The number of aliphatic hydroxyl groups excluding tert-OH is 4. The minimum Gasteiger partial charge on any atom is -0.471 e. The summed E-state index contributed by atoms with van der Waals surface area (Å²) < 4.78 is 32.6. The average Bonchev–Trinajstić information content (AvgIpc) is 3.27. The second-order valence-corrected chi connectivity index (χ2v) is 10.7. The lowest BCUT2D eigenvalue weighted by molar-refractivity contribution is -0.339. The van der Waals surface area contributed by atoms with Crippen molar-refractivity contribution < 1.29 is 68.0 Å². The summed E-state index contributed by atoms with van der Waals surface area (Å²) in [5.74, 6) is -5.82. The van der Waals surface area contributed by atoms with Gasteiger partial charge in [-0.25, -0.2) is 4.79 Å². The molecule has 14 heteroatoms. The summed E-state index contributed by atoms with van der Waals surface area (Å²) in [5.41, 5.74) is 0.0227. The average molecular weight is 585 g/mol. The molecule has 0 radical (unpaired) electrons. The quantitative estimate of drug-likeness (QED) is 0.0808. The van der Waals surface area contributed by atoms with Gasteiger partial charge in [0.2, 0.25) is 6.29 Å². The minimum atomic E-state index is -1.70. The van der Waals surface area contributed by atoms with E-state index in [9.17, 15) is 39.6 Å². The maximum atomic E-state index is 13.4. The third-order valence-electron chi connectivity index (χ3n) is 8.61. The molecule has 8 unspecified atom stereocenters. The van der Waals surface area contributed by atoms with Gasteiger partial charge < -0.3 is 53.6 Å². The number of rotatable bonds is 9. The Kier molecular flexibility index (Phi) is 9.82. The number of aldehydes is 1. The van der Waals surface area contributed by atoms with E-state index in [1.807, 2.05) is 6.92 Å². The zero-order valence-electron chi connectivity index (χ0n) is 22.6. The van der Waals surface area contributed by atoms with Crippen LogP contribution in [0.5, 0.6) is 0 Å². The van der Waals surface area contributed by atoms with Crippen molar-refractivity contribution in [2.24, 2.45) is 35.5 Å². The molecule has 4 aliphatic rings. The molecular formula is C27H36O14. The van der Waals surface area contributed by atoms with E-state index in [4.69, 9.17) is 28.4 Å². The van der Waals surface area contributed by atoms with Crippen molar-refractivity contribution in [2.75, 3.05) is 20.3 Å². The Bertz CT molecular complexity index is 1030. The van der Waals surface area contributed by atoms with E-state index in [0.29, 0.717) is 6.29 Å². The predicted molar refractivity (Wildman–Crippen MR) is 133 cm³/mol. The second kappa shape index (κ2) is 13.0. The first-order valence-electron chi connectivity index (χ1n) is 13.4. The SMILES string of the molecule is C=CC1C(O[C@@H]2O[C@H](CO)[C@@H](O)[C@H](O)[C@H]2O)OC=C(C(=O)OC2CC3C(C(=O)OC)C(=O)OCC3C2C)C1CC=O. The summed E-state index contributed by atoms with van der Waals surface area (Å²) in [4.78, 5) is 49.6. The number of hydrogen-bond donors (Lipinski definition) is 4. The van der Waals surface area contributed by atoms with E-state index < -0.39 is 91.3 Å². The molecular weight excluding hydrogens is 548 g/mol. The molecule has 0 amide bonds. The van der Waals surface area contributed by atoms with Crippen molar-refractivity contribution in [3.63, 3.8) is 0 Å². The van der Waals surface area contributed by atoms with Crippen LogP contribution in [0.15, 0.2) is 24.5 Å². The third-order valence-corrected chi connectivity index (χ3v) is 8.61. The predicted octanol–water partition coefficient (Wildman–Crippen LogP) is -1.42. The highest BCUT2D eigenvalue weighted by molar-refractivity contribution is 5.96. The van der Waals surface area contributed by atoms with E-state index in [2.05, 4.69) is 6.58 Å². The number of carbonyl (C=O) groups excluding carboxylic acids is 4. The fourth-order valence-electron chi connectivity index (χ4n) is 6.20. The highest BCUT2D eigenvalue weighted by Crippen LogP contribution is 2.47. The fraction of sp³-hybridized carbons (Fsp3) is 0.704. The van der Waals surface area contributed by atoms with Crippen LogP contribution in [0.25, 0.3) is 0 Å². The molecule has 1 saturated carbocycles.